The van der Waals surface area contributed by atoms with E-state index in [1.165, 1.54) is 19.3 Å². The average molecular weight is 151 g/mol. The molecule has 11 heavy (non-hydrogen) atoms. The first kappa shape index (κ1) is 6.99. The summed E-state index contributed by atoms with van der Waals surface area (Å²) >= 11 is 0. The summed E-state index contributed by atoms with van der Waals surface area (Å²) in [6.45, 7) is 0.713. The van der Waals surface area contributed by atoms with Gasteiger partial charge in [-0.25, -0.2) is 0 Å². The summed E-state index contributed by atoms with van der Waals surface area (Å²) in [4.78, 5) is 2.75. The van der Waals surface area contributed by atoms with Gasteiger partial charge in [0, 0.05) is 11.5 Å². The molecular formula is C8H13N3. The molecule has 0 amide bonds. The Hall–Kier alpha value is -0.690. The maximum atomic E-state index is 8.05. The molecule has 0 aliphatic heterocycles. The van der Waals surface area contributed by atoms with Gasteiger partial charge in [-0.1, -0.05) is 5.11 Å². The van der Waals surface area contributed by atoms with Gasteiger partial charge in [0.25, 0.3) is 0 Å². The summed E-state index contributed by atoms with van der Waals surface area (Å²) in [5.74, 6) is 2.99. The Morgan fingerprint density at radius 2 is 2.27 bits per heavy atom. The van der Waals surface area contributed by atoms with Gasteiger partial charge in [0.2, 0.25) is 0 Å². The first-order chi connectivity index (χ1) is 5.42. The van der Waals surface area contributed by atoms with Crippen molar-refractivity contribution < 1.29 is 0 Å². The highest BCUT2D eigenvalue weighted by molar-refractivity contribution is 4.96. The molecule has 2 aliphatic carbocycles. The van der Waals surface area contributed by atoms with E-state index >= 15 is 0 Å². The van der Waals surface area contributed by atoms with E-state index in [4.69, 9.17) is 5.53 Å². The molecule has 0 saturated heterocycles. The minimum atomic E-state index is 0.713. The van der Waals surface area contributed by atoms with Crippen molar-refractivity contribution in [2.24, 2.45) is 22.9 Å². The van der Waals surface area contributed by atoms with Crippen molar-refractivity contribution in [3.8, 4) is 0 Å². The second-order valence-electron chi connectivity index (χ2n) is 3.74. The van der Waals surface area contributed by atoms with Gasteiger partial charge >= 0.3 is 0 Å². The van der Waals surface area contributed by atoms with Gasteiger partial charge in [-0.3, -0.25) is 0 Å². The molecule has 0 aromatic heterocycles. The fourth-order valence-corrected chi connectivity index (χ4v) is 1.97. The molecule has 0 aromatic rings. The van der Waals surface area contributed by atoms with E-state index in [1.54, 1.807) is 0 Å². The summed E-state index contributed by atoms with van der Waals surface area (Å²) < 4.78 is 0. The van der Waals surface area contributed by atoms with E-state index in [9.17, 15) is 0 Å². The zero-order valence-corrected chi connectivity index (χ0v) is 6.61. The molecule has 2 atom stereocenters. The Morgan fingerprint density at radius 1 is 1.45 bits per heavy atom. The minimum Gasteiger partial charge on any atom is -0.0940 e. The van der Waals surface area contributed by atoms with Crippen LogP contribution in [0.1, 0.15) is 25.7 Å². The van der Waals surface area contributed by atoms with Crippen LogP contribution in [0.3, 0.4) is 0 Å². The number of hydrogen-bond donors (Lipinski definition) is 0. The molecule has 0 bridgehead atoms. The van der Waals surface area contributed by atoms with Gasteiger partial charge < -0.3 is 0 Å². The number of nitrogens with zero attached hydrogens (tertiary/aromatic N) is 3. The van der Waals surface area contributed by atoms with Gasteiger partial charge in [-0.2, -0.15) is 0 Å². The number of hydrogen-bond acceptors (Lipinski definition) is 1. The molecule has 2 aliphatic rings. The van der Waals surface area contributed by atoms with Gasteiger partial charge in [-0.15, -0.1) is 0 Å². The van der Waals surface area contributed by atoms with Crippen molar-refractivity contribution in [3.05, 3.63) is 10.4 Å². The highest BCUT2D eigenvalue weighted by atomic mass is 15.1. The summed E-state index contributed by atoms with van der Waals surface area (Å²) in [6.07, 6.45) is 5.46. The molecule has 0 unspecified atom stereocenters. The maximum absolute atomic E-state index is 8.05. The number of rotatable bonds is 4. The molecule has 0 aromatic carbocycles. The SMILES string of the molecule is [N-]=[N+]=NCC[C@@H]1C[C@H]1C1CC1. The van der Waals surface area contributed by atoms with Crippen LogP contribution in [0.15, 0.2) is 5.11 Å². The van der Waals surface area contributed by atoms with Gasteiger partial charge in [0.15, 0.2) is 0 Å². The molecule has 2 fully saturated rings. The van der Waals surface area contributed by atoms with E-state index in [-0.39, 0.29) is 0 Å². The summed E-state index contributed by atoms with van der Waals surface area (Å²) in [5, 5.41) is 3.55. The third-order valence-electron chi connectivity index (χ3n) is 2.87. The Balaban J connectivity index is 1.62. The van der Waals surface area contributed by atoms with Crippen LogP contribution < -0.4 is 0 Å². The Bertz CT molecular complexity index is 192. The van der Waals surface area contributed by atoms with Crippen molar-refractivity contribution in [1.29, 1.82) is 0 Å². The van der Waals surface area contributed by atoms with Gasteiger partial charge in [-0.05, 0) is 49.0 Å². The zero-order valence-electron chi connectivity index (χ0n) is 6.61. The Labute approximate surface area is 66.4 Å². The van der Waals surface area contributed by atoms with E-state index < -0.39 is 0 Å². The van der Waals surface area contributed by atoms with E-state index in [0.717, 1.165) is 24.2 Å². The van der Waals surface area contributed by atoms with E-state index in [1.807, 2.05) is 0 Å². The van der Waals surface area contributed by atoms with Crippen LogP contribution in [-0.4, -0.2) is 6.54 Å². The Morgan fingerprint density at radius 3 is 2.91 bits per heavy atom. The molecule has 0 spiro atoms. The minimum absolute atomic E-state index is 0.713. The zero-order chi connectivity index (χ0) is 7.68. The van der Waals surface area contributed by atoms with Crippen LogP contribution in [0.2, 0.25) is 0 Å². The molecule has 3 heteroatoms. The normalized spacial score (nSPS) is 34.5. The molecule has 2 rings (SSSR count). The molecule has 0 radical (unpaired) electrons. The van der Waals surface area contributed by atoms with Crippen molar-refractivity contribution >= 4 is 0 Å². The topological polar surface area (TPSA) is 48.8 Å². The van der Waals surface area contributed by atoms with Crippen LogP contribution in [0.4, 0.5) is 0 Å². The second-order valence-corrected chi connectivity index (χ2v) is 3.74. The highest BCUT2D eigenvalue weighted by Crippen LogP contribution is 2.55. The predicted octanol–water partition coefficient (Wildman–Crippen LogP) is 2.73. The lowest BCUT2D eigenvalue weighted by atomic mass is 10.2. The van der Waals surface area contributed by atoms with Crippen molar-refractivity contribution in [1.82, 2.24) is 0 Å². The van der Waals surface area contributed by atoms with Crippen LogP contribution >= 0.6 is 0 Å². The predicted molar refractivity (Wildman–Crippen MR) is 43.0 cm³/mol. The molecule has 0 N–H and O–H groups in total. The van der Waals surface area contributed by atoms with E-state index in [2.05, 4.69) is 10.0 Å². The van der Waals surface area contributed by atoms with Crippen LogP contribution in [-0.2, 0) is 0 Å². The summed E-state index contributed by atoms with van der Waals surface area (Å²) in [5.41, 5.74) is 8.05. The summed E-state index contributed by atoms with van der Waals surface area (Å²) in [7, 11) is 0. The fourth-order valence-electron chi connectivity index (χ4n) is 1.97. The maximum Gasteiger partial charge on any atom is 0.0260 e. The Kier molecular flexibility index (Phi) is 1.74. The lowest BCUT2D eigenvalue weighted by Gasteiger charge is -1.92. The molecule has 3 nitrogen and oxygen atoms in total. The lowest BCUT2D eigenvalue weighted by molar-refractivity contribution is 0.599. The molecule has 0 heterocycles. The standard InChI is InChI=1S/C8H13N3/c9-11-10-4-3-7-5-8(7)6-1-2-6/h6-8H,1-5H2/t7-,8+/m1/s1. The van der Waals surface area contributed by atoms with Gasteiger partial charge in [0.1, 0.15) is 0 Å². The molecule has 2 saturated carbocycles. The van der Waals surface area contributed by atoms with Crippen LogP contribution in [0.5, 0.6) is 0 Å². The second kappa shape index (κ2) is 2.74. The van der Waals surface area contributed by atoms with Crippen molar-refractivity contribution in [3.63, 3.8) is 0 Å². The number of azide groups is 1. The average Bonchev–Trinajstić information content (AvgIpc) is 2.83. The monoisotopic (exact) mass is 151 g/mol. The lowest BCUT2D eigenvalue weighted by Crippen LogP contribution is -1.87. The first-order valence-electron chi connectivity index (χ1n) is 4.42. The first-order valence-corrected chi connectivity index (χ1v) is 4.42. The highest BCUT2D eigenvalue weighted by Gasteiger charge is 2.46. The van der Waals surface area contributed by atoms with Crippen LogP contribution in [0.25, 0.3) is 10.4 Å². The van der Waals surface area contributed by atoms with E-state index in [0.29, 0.717) is 6.54 Å². The third-order valence-corrected chi connectivity index (χ3v) is 2.87. The quantitative estimate of drug-likeness (QED) is 0.337. The van der Waals surface area contributed by atoms with Crippen LogP contribution in [0, 0.1) is 17.8 Å². The third kappa shape index (κ3) is 1.66. The summed E-state index contributed by atoms with van der Waals surface area (Å²) in [6, 6.07) is 0. The van der Waals surface area contributed by atoms with Crippen molar-refractivity contribution in [2.45, 2.75) is 25.7 Å². The van der Waals surface area contributed by atoms with Gasteiger partial charge in [0.05, 0.1) is 0 Å². The van der Waals surface area contributed by atoms with Crippen molar-refractivity contribution in [2.75, 3.05) is 6.54 Å². The molecule has 60 valence electrons. The largest absolute Gasteiger partial charge is 0.0940 e. The fraction of sp³-hybridized carbons (Fsp3) is 1.00. The smallest absolute Gasteiger partial charge is 0.0260 e. The molecular weight excluding hydrogens is 138 g/mol.